The molecule has 0 amide bonds. The van der Waals surface area contributed by atoms with Crippen LogP contribution in [0.2, 0.25) is 8.76 Å². The molecule has 39 heavy (non-hydrogen) atoms. The zero-order valence-corrected chi connectivity index (χ0v) is 29.6. The Morgan fingerprint density at radius 3 is 1.21 bits per heavy atom. The summed E-state index contributed by atoms with van der Waals surface area (Å²) in [6.07, 6.45) is 7.39. The Kier molecular flexibility index (Phi) is 6.24. The van der Waals surface area contributed by atoms with Crippen molar-refractivity contribution in [3.05, 3.63) is 119 Å². The normalized spacial score (nSPS) is 17.4. The van der Waals surface area contributed by atoms with Crippen LogP contribution in [0.3, 0.4) is 0 Å². The second kappa shape index (κ2) is 8.78. The molecule has 0 heterocycles. The summed E-state index contributed by atoms with van der Waals surface area (Å²) < 4.78 is 3.41. The number of halogens is 2. The molecule has 6 rings (SSSR count). The number of hydrogen-bond donors (Lipinski definition) is 0. The molecule has 0 aromatic heterocycles. The Balaban J connectivity index is 1.65. The molecule has 0 aliphatic heterocycles. The molecule has 0 fully saturated rings. The van der Waals surface area contributed by atoms with E-state index in [1.807, 2.05) is 0 Å². The monoisotopic (exact) mass is 649 g/mol. The van der Waals surface area contributed by atoms with Crippen molar-refractivity contribution >= 4 is 24.4 Å². The average Bonchev–Trinajstić information content (AvgIpc) is 3.46. The van der Waals surface area contributed by atoms with Crippen molar-refractivity contribution in [3.63, 3.8) is 0 Å². The third-order valence-electron chi connectivity index (χ3n) is 10.5. The van der Waals surface area contributed by atoms with E-state index in [4.69, 9.17) is 17.0 Å². The van der Waals surface area contributed by atoms with Crippen LogP contribution in [-0.2, 0) is 12.6 Å². The van der Waals surface area contributed by atoms with E-state index < -0.39 is 12.6 Å². The summed E-state index contributed by atoms with van der Waals surface area (Å²) in [4.78, 5) is 0. The van der Waals surface area contributed by atoms with E-state index in [-0.39, 0.29) is 7.25 Å². The first-order valence-electron chi connectivity index (χ1n) is 15.0. The van der Waals surface area contributed by atoms with Gasteiger partial charge in [-0.2, -0.15) is 0 Å². The van der Waals surface area contributed by atoms with E-state index in [0.717, 1.165) is 17.9 Å². The molecule has 0 unspecified atom stereocenters. The van der Waals surface area contributed by atoms with E-state index in [1.165, 1.54) is 76.6 Å². The molecule has 2 aliphatic rings. The van der Waals surface area contributed by atoms with Gasteiger partial charge in [-0.25, -0.2) is 0 Å². The molecule has 0 bridgehead atoms. The van der Waals surface area contributed by atoms with Gasteiger partial charge in [0.05, 0.1) is 0 Å². The van der Waals surface area contributed by atoms with E-state index in [9.17, 15) is 0 Å². The molecule has 0 radical (unpaired) electrons. The van der Waals surface area contributed by atoms with Crippen molar-refractivity contribution in [2.75, 3.05) is 0 Å². The maximum atomic E-state index is 8.99. The molecule has 2 aliphatic carbocycles. The van der Waals surface area contributed by atoms with Gasteiger partial charge in [-0.3, -0.25) is 0 Å². The number of hydrogen-bond acceptors (Lipinski definition) is 0. The Labute approximate surface area is 238 Å². The predicted octanol–water partition coefficient (Wildman–Crippen LogP) is 10.7. The molecule has 203 valence electrons. The first-order valence-corrected chi connectivity index (χ1v) is 36.7. The van der Waals surface area contributed by atoms with Gasteiger partial charge in [0.2, 0.25) is 0 Å². The van der Waals surface area contributed by atoms with Crippen LogP contribution in [0, 0.1) is 0 Å². The standard InChI is InChI=1S/2C13H9.C8H17.CH3.2ClH.H3Si.Zr/c2*1-3-7-12-10(5-1)9-11-6-2-4-8-13(11)12;1-3-5-7-8-6-4-2;;;;;/h2*1-9H;1,3-8H2,2H3;1H3;2*1H;1H3;/q;;;;;;;+2/p-2. The van der Waals surface area contributed by atoms with Gasteiger partial charge in [-0.15, -0.1) is 0 Å². The summed E-state index contributed by atoms with van der Waals surface area (Å²) >= 11 is -5.88. The fourth-order valence-corrected chi connectivity index (χ4v) is 46.6. The summed E-state index contributed by atoms with van der Waals surface area (Å²) in [5.41, 5.74) is 10.6. The zero-order valence-electron chi connectivity index (χ0n) is 23.6. The SMILES string of the molecule is CCCCCCC[CH2][Zr]([CH3])([SiH3])([Cl])([Cl])([CH]1c2ccccc2-c2ccccc21)[CH]1c2ccccc2-c2ccccc21. The van der Waals surface area contributed by atoms with Crippen molar-refractivity contribution in [2.24, 2.45) is 0 Å². The van der Waals surface area contributed by atoms with Crippen LogP contribution in [0.4, 0.5) is 0 Å². The quantitative estimate of drug-likeness (QED) is 0.125. The van der Waals surface area contributed by atoms with E-state index in [1.54, 1.807) is 0 Å². The molecule has 0 spiro atoms. The fraction of sp³-hybridized carbons (Fsp3) is 0.314. The third kappa shape index (κ3) is 4.15. The molecular formula is C35H41Cl2SiZr. The van der Waals surface area contributed by atoms with Crippen LogP contribution in [-0.4, -0.2) is 7.37 Å². The van der Waals surface area contributed by atoms with Crippen molar-refractivity contribution in [1.82, 2.24) is 0 Å². The molecule has 0 atom stereocenters. The molecule has 0 nitrogen and oxygen atoms in total. The first kappa shape index (κ1) is 27.7. The fourth-order valence-electron chi connectivity index (χ4n) is 8.88. The molecule has 4 aromatic carbocycles. The molecule has 4 heteroatoms. The number of fused-ring (bicyclic) bond motifs is 6. The summed E-state index contributed by atoms with van der Waals surface area (Å²) in [6, 6.07) is 35.8. The Morgan fingerprint density at radius 1 is 0.538 bits per heavy atom. The molecule has 0 saturated carbocycles. The maximum absolute atomic E-state index is 8.99. The molecular weight excluding hydrogens is 611 g/mol. The number of unbranched alkanes of at least 4 members (excludes halogenated alkanes) is 5. The van der Waals surface area contributed by atoms with Crippen LogP contribution in [0.5, 0.6) is 0 Å². The minimum atomic E-state index is -5.88. The Morgan fingerprint density at radius 2 is 0.846 bits per heavy atom. The topological polar surface area (TPSA) is 0 Å². The van der Waals surface area contributed by atoms with E-state index >= 15 is 0 Å². The second-order valence-electron chi connectivity index (χ2n) is 14.2. The van der Waals surface area contributed by atoms with Gasteiger partial charge in [-0.05, 0) is 0 Å². The van der Waals surface area contributed by atoms with Crippen molar-refractivity contribution in [1.29, 1.82) is 0 Å². The van der Waals surface area contributed by atoms with Gasteiger partial charge in [0.15, 0.2) is 0 Å². The van der Waals surface area contributed by atoms with Crippen LogP contribution < -0.4 is 0 Å². The molecule has 4 aromatic rings. The Bertz CT molecular complexity index is 1400. The van der Waals surface area contributed by atoms with E-state index in [2.05, 4.69) is 109 Å². The second-order valence-corrected chi connectivity index (χ2v) is 91.2. The first-order chi connectivity index (χ1) is 18.5. The Hall–Kier alpha value is -1.44. The summed E-state index contributed by atoms with van der Waals surface area (Å²) in [5, 5.41) is 0. The van der Waals surface area contributed by atoms with Gasteiger partial charge in [0.1, 0.15) is 0 Å². The van der Waals surface area contributed by atoms with Crippen molar-refractivity contribution < 1.29 is 12.6 Å². The van der Waals surface area contributed by atoms with Crippen LogP contribution in [0.15, 0.2) is 97.1 Å². The molecule has 0 saturated heterocycles. The number of benzene rings is 4. The number of rotatable bonds is 9. The van der Waals surface area contributed by atoms with Gasteiger partial charge < -0.3 is 0 Å². The zero-order chi connectivity index (χ0) is 27.4. The average molecular weight is 652 g/mol. The van der Waals surface area contributed by atoms with Crippen LogP contribution in [0.1, 0.15) is 75.0 Å². The van der Waals surface area contributed by atoms with Crippen molar-refractivity contribution in [3.8, 4) is 22.3 Å². The van der Waals surface area contributed by atoms with Gasteiger partial charge in [-0.1, -0.05) is 0 Å². The third-order valence-corrected chi connectivity index (χ3v) is 47.9. The van der Waals surface area contributed by atoms with Gasteiger partial charge >= 0.3 is 240 Å². The van der Waals surface area contributed by atoms with E-state index in [0.29, 0.717) is 0 Å². The van der Waals surface area contributed by atoms with Crippen LogP contribution >= 0.6 is 17.0 Å². The van der Waals surface area contributed by atoms with Crippen molar-refractivity contribution in [2.45, 2.75) is 61.5 Å². The predicted molar refractivity (Wildman–Crippen MR) is 173 cm³/mol. The van der Waals surface area contributed by atoms with Crippen LogP contribution in [0.25, 0.3) is 22.3 Å². The summed E-state index contributed by atoms with van der Waals surface area (Å²) in [6.45, 7) is 2.28. The minimum absolute atomic E-state index is 0.0176. The summed E-state index contributed by atoms with van der Waals surface area (Å²) in [7, 11) is 18.7. The molecule has 0 N–H and O–H groups in total. The summed E-state index contributed by atoms with van der Waals surface area (Å²) in [5.74, 6) is 0. The van der Waals surface area contributed by atoms with Gasteiger partial charge in [0, 0.05) is 0 Å². The van der Waals surface area contributed by atoms with Gasteiger partial charge in [0.25, 0.3) is 0 Å².